The molecule has 6 heteroatoms. The summed E-state index contributed by atoms with van der Waals surface area (Å²) in [5.74, 6) is 0. The maximum Gasteiger partial charge on any atom is 0.253 e. The van der Waals surface area contributed by atoms with E-state index < -0.39 is 0 Å². The number of fused-ring (bicyclic) bond motifs is 1. The van der Waals surface area contributed by atoms with Gasteiger partial charge in [-0.25, -0.2) is 0 Å². The summed E-state index contributed by atoms with van der Waals surface area (Å²) in [6, 6.07) is 8.50. The van der Waals surface area contributed by atoms with Crippen molar-refractivity contribution in [3.05, 3.63) is 45.7 Å². The van der Waals surface area contributed by atoms with Gasteiger partial charge < -0.3 is 19.9 Å². The molecule has 3 rings (SSSR count). The first kappa shape index (κ1) is 19.8. The Kier molecular flexibility index (Phi) is 6.85. The summed E-state index contributed by atoms with van der Waals surface area (Å²) in [5, 5.41) is 5.15. The third-order valence-electron chi connectivity index (χ3n) is 5.25. The van der Waals surface area contributed by atoms with Gasteiger partial charge >= 0.3 is 0 Å². The molecule has 0 saturated heterocycles. The molecule has 1 saturated carbocycles. The largest absolute Gasteiger partial charge is 0.385 e. The summed E-state index contributed by atoms with van der Waals surface area (Å²) in [6.07, 6.45) is 5.61. The molecule has 27 heavy (non-hydrogen) atoms. The van der Waals surface area contributed by atoms with Gasteiger partial charge in [0.25, 0.3) is 5.56 Å². The minimum atomic E-state index is -0.0310. The Morgan fingerprint density at radius 1 is 1.33 bits per heavy atom. The van der Waals surface area contributed by atoms with Crippen molar-refractivity contribution in [3.8, 4) is 0 Å². The first-order chi connectivity index (χ1) is 13.1. The van der Waals surface area contributed by atoms with Crippen LogP contribution in [0, 0.1) is 6.92 Å². The fourth-order valence-corrected chi connectivity index (χ4v) is 4.08. The Bertz CT molecular complexity index is 843. The number of benzene rings is 1. The Morgan fingerprint density at radius 2 is 2.11 bits per heavy atom. The fourth-order valence-electron chi connectivity index (χ4n) is 3.77. The summed E-state index contributed by atoms with van der Waals surface area (Å²) in [6.45, 7) is 4.10. The standard InChI is InChI=1S/C21H29N3O2S/c1-15-8-9-19-16(12-15)13-17(20(25)23-19)14-24(18-6-3-4-7-18)21(27)22-10-5-11-26-2/h8-9,12-13,18H,3-7,10-11,14H2,1-2H3,(H,22,27)(H,23,25). The van der Waals surface area contributed by atoms with Gasteiger partial charge in [0.15, 0.2) is 5.11 Å². The Labute approximate surface area is 166 Å². The number of aryl methyl sites for hydroxylation is 1. The smallest absolute Gasteiger partial charge is 0.253 e. The van der Waals surface area contributed by atoms with E-state index in [4.69, 9.17) is 17.0 Å². The number of rotatable bonds is 7. The fraction of sp³-hybridized carbons (Fsp3) is 0.524. The van der Waals surface area contributed by atoms with Crippen molar-refractivity contribution < 1.29 is 4.74 Å². The predicted molar refractivity (Wildman–Crippen MR) is 114 cm³/mol. The molecule has 0 radical (unpaired) electrons. The lowest BCUT2D eigenvalue weighted by atomic mass is 10.1. The van der Waals surface area contributed by atoms with E-state index in [1.807, 2.05) is 18.2 Å². The summed E-state index contributed by atoms with van der Waals surface area (Å²) in [7, 11) is 1.71. The van der Waals surface area contributed by atoms with Crippen LogP contribution < -0.4 is 10.9 Å². The molecule has 146 valence electrons. The summed E-state index contributed by atoms with van der Waals surface area (Å²) >= 11 is 5.68. The Balaban J connectivity index is 1.80. The molecule has 0 bridgehead atoms. The van der Waals surface area contributed by atoms with Crippen molar-refractivity contribution >= 4 is 28.2 Å². The van der Waals surface area contributed by atoms with Gasteiger partial charge in [-0.3, -0.25) is 4.79 Å². The van der Waals surface area contributed by atoms with Gasteiger partial charge in [-0.1, -0.05) is 24.5 Å². The van der Waals surface area contributed by atoms with Crippen LogP contribution in [0.25, 0.3) is 10.9 Å². The average Bonchev–Trinajstić information content (AvgIpc) is 3.18. The highest BCUT2D eigenvalue weighted by molar-refractivity contribution is 7.80. The van der Waals surface area contributed by atoms with E-state index in [2.05, 4.69) is 28.2 Å². The van der Waals surface area contributed by atoms with Crippen LogP contribution in [-0.4, -0.2) is 41.3 Å². The number of methoxy groups -OCH3 is 1. The van der Waals surface area contributed by atoms with Crippen molar-refractivity contribution in [1.29, 1.82) is 0 Å². The number of H-pyrrole nitrogens is 1. The van der Waals surface area contributed by atoms with Crippen molar-refractivity contribution in [2.75, 3.05) is 20.3 Å². The highest BCUT2D eigenvalue weighted by atomic mass is 32.1. The number of hydrogen-bond acceptors (Lipinski definition) is 3. The number of nitrogens with zero attached hydrogens (tertiary/aromatic N) is 1. The number of aromatic amines is 1. The molecule has 2 aromatic rings. The van der Waals surface area contributed by atoms with E-state index in [1.165, 1.54) is 18.4 Å². The molecule has 0 spiro atoms. The second-order valence-corrected chi connectivity index (χ2v) is 7.75. The molecule has 5 nitrogen and oxygen atoms in total. The van der Waals surface area contributed by atoms with Gasteiger partial charge in [-0.05, 0) is 62.0 Å². The molecular formula is C21H29N3O2S. The van der Waals surface area contributed by atoms with Gasteiger partial charge in [0.2, 0.25) is 0 Å². The van der Waals surface area contributed by atoms with E-state index in [0.717, 1.165) is 47.4 Å². The quantitative estimate of drug-likeness (QED) is 0.563. The van der Waals surface area contributed by atoms with Gasteiger partial charge in [0.05, 0.1) is 6.54 Å². The number of pyridine rings is 1. The van der Waals surface area contributed by atoms with Crippen LogP contribution in [0.5, 0.6) is 0 Å². The zero-order valence-corrected chi connectivity index (χ0v) is 17.0. The molecule has 1 fully saturated rings. The van der Waals surface area contributed by atoms with Crippen LogP contribution in [0.4, 0.5) is 0 Å². The van der Waals surface area contributed by atoms with Crippen LogP contribution in [0.3, 0.4) is 0 Å². The van der Waals surface area contributed by atoms with Crippen molar-refractivity contribution in [3.63, 3.8) is 0 Å². The van der Waals surface area contributed by atoms with Crippen LogP contribution in [0.15, 0.2) is 29.1 Å². The molecule has 0 amide bonds. The highest BCUT2D eigenvalue weighted by Crippen LogP contribution is 2.25. The van der Waals surface area contributed by atoms with Crippen LogP contribution in [-0.2, 0) is 11.3 Å². The maximum atomic E-state index is 12.6. The number of hydrogen-bond donors (Lipinski definition) is 2. The Morgan fingerprint density at radius 3 is 2.85 bits per heavy atom. The van der Waals surface area contributed by atoms with Gasteiger partial charge in [0.1, 0.15) is 0 Å². The third kappa shape index (κ3) is 5.08. The first-order valence-corrected chi connectivity index (χ1v) is 10.2. The Hall–Kier alpha value is -1.92. The van der Waals surface area contributed by atoms with Crippen molar-refractivity contribution in [2.24, 2.45) is 0 Å². The van der Waals surface area contributed by atoms with Gasteiger partial charge in [-0.2, -0.15) is 0 Å². The lowest BCUT2D eigenvalue weighted by Gasteiger charge is -2.31. The molecule has 1 aliphatic rings. The number of nitrogens with one attached hydrogen (secondary N) is 2. The van der Waals surface area contributed by atoms with Crippen LogP contribution >= 0.6 is 12.2 Å². The first-order valence-electron chi connectivity index (χ1n) is 9.74. The van der Waals surface area contributed by atoms with E-state index in [-0.39, 0.29) is 5.56 Å². The lowest BCUT2D eigenvalue weighted by Crippen LogP contribution is -2.45. The molecule has 2 N–H and O–H groups in total. The van der Waals surface area contributed by atoms with Crippen LogP contribution in [0.2, 0.25) is 0 Å². The van der Waals surface area contributed by atoms with E-state index in [1.54, 1.807) is 7.11 Å². The van der Waals surface area contributed by atoms with Gasteiger partial charge in [0, 0.05) is 37.4 Å². The minimum absolute atomic E-state index is 0.0310. The number of ether oxygens (including phenoxy) is 1. The zero-order chi connectivity index (χ0) is 19.2. The lowest BCUT2D eigenvalue weighted by molar-refractivity contribution is 0.195. The topological polar surface area (TPSA) is 57.4 Å². The van der Waals surface area contributed by atoms with E-state index in [0.29, 0.717) is 19.2 Å². The maximum absolute atomic E-state index is 12.6. The van der Waals surface area contributed by atoms with Gasteiger partial charge in [-0.15, -0.1) is 0 Å². The normalized spacial score (nSPS) is 14.6. The van der Waals surface area contributed by atoms with E-state index >= 15 is 0 Å². The number of thiocarbonyl (C=S) groups is 1. The molecule has 1 aliphatic carbocycles. The average molecular weight is 388 g/mol. The SMILES string of the molecule is COCCCNC(=S)N(Cc1cc2cc(C)ccc2[nH]c1=O)C1CCCC1. The van der Waals surface area contributed by atoms with Crippen molar-refractivity contribution in [2.45, 2.75) is 51.6 Å². The third-order valence-corrected chi connectivity index (χ3v) is 5.62. The summed E-state index contributed by atoms with van der Waals surface area (Å²) in [4.78, 5) is 17.9. The monoisotopic (exact) mass is 387 g/mol. The second-order valence-electron chi connectivity index (χ2n) is 7.36. The zero-order valence-electron chi connectivity index (χ0n) is 16.2. The second kappa shape index (κ2) is 9.33. The molecular weight excluding hydrogens is 358 g/mol. The molecule has 0 atom stereocenters. The molecule has 0 unspecified atom stereocenters. The highest BCUT2D eigenvalue weighted by Gasteiger charge is 2.25. The van der Waals surface area contributed by atoms with Crippen LogP contribution in [0.1, 0.15) is 43.2 Å². The molecule has 1 aromatic heterocycles. The molecule has 1 heterocycles. The predicted octanol–water partition coefficient (Wildman–Crippen LogP) is 3.49. The number of aromatic nitrogens is 1. The molecule has 1 aromatic carbocycles. The summed E-state index contributed by atoms with van der Waals surface area (Å²) in [5.41, 5.74) is 2.79. The minimum Gasteiger partial charge on any atom is -0.385 e. The van der Waals surface area contributed by atoms with Crippen molar-refractivity contribution in [1.82, 2.24) is 15.2 Å². The van der Waals surface area contributed by atoms with E-state index in [9.17, 15) is 4.79 Å². The molecule has 0 aliphatic heterocycles. The summed E-state index contributed by atoms with van der Waals surface area (Å²) < 4.78 is 5.10.